The van der Waals surface area contributed by atoms with Crippen molar-refractivity contribution >= 4 is 29.2 Å². The third-order valence-electron chi connectivity index (χ3n) is 4.22. The molecule has 0 aliphatic carbocycles. The van der Waals surface area contributed by atoms with E-state index in [1.54, 1.807) is 7.11 Å². The van der Waals surface area contributed by atoms with Crippen molar-refractivity contribution < 1.29 is 4.74 Å². The summed E-state index contributed by atoms with van der Waals surface area (Å²) in [7, 11) is 1.65. The number of ether oxygens (including phenoxy) is 1. The smallest absolute Gasteiger partial charge is 0.225 e. The van der Waals surface area contributed by atoms with Gasteiger partial charge < -0.3 is 10.1 Å². The number of hydrogen-bond donors (Lipinski definition) is 1. The van der Waals surface area contributed by atoms with Crippen LogP contribution >= 0.6 is 23.4 Å². The molecule has 0 radical (unpaired) electrons. The Morgan fingerprint density at radius 1 is 1.11 bits per heavy atom. The monoisotopic (exact) mass is 414 g/mol. The van der Waals surface area contributed by atoms with Crippen LogP contribution in [0.5, 0.6) is 5.75 Å². The summed E-state index contributed by atoms with van der Waals surface area (Å²) in [6.45, 7) is 2.93. The molecule has 0 fully saturated rings. The molecule has 3 aromatic rings. The lowest BCUT2D eigenvalue weighted by molar-refractivity contribution is 0.414. The zero-order chi connectivity index (χ0) is 19.8. The van der Waals surface area contributed by atoms with Gasteiger partial charge in [-0.3, -0.25) is 4.98 Å². The van der Waals surface area contributed by atoms with E-state index in [1.165, 1.54) is 23.0 Å². The van der Waals surface area contributed by atoms with E-state index in [-0.39, 0.29) is 5.28 Å². The molecule has 2 aromatic heterocycles. The fraction of sp³-hybridized carbons (Fsp3) is 0.286. The molecular weight excluding hydrogens is 392 g/mol. The van der Waals surface area contributed by atoms with Gasteiger partial charge in [0.2, 0.25) is 5.28 Å². The summed E-state index contributed by atoms with van der Waals surface area (Å²) >= 11 is 7.64. The van der Waals surface area contributed by atoms with E-state index in [4.69, 9.17) is 16.3 Å². The molecule has 0 aliphatic heterocycles. The van der Waals surface area contributed by atoms with Crippen LogP contribution in [0.1, 0.15) is 24.1 Å². The number of nitrogens with one attached hydrogen (secondary N) is 1. The van der Waals surface area contributed by atoms with Gasteiger partial charge in [0, 0.05) is 29.4 Å². The van der Waals surface area contributed by atoms with Crippen LogP contribution in [0.25, 0.3) is 0 Å². The zero-order valence-electron chi connectivity index (χ0n) is 16.0. The van der Waals surface area contributed by atoms with Crippen molar-refractivity contribution in [2.75, 3.05) is 19.0 Å². The predicted octanol–water partition coefficient (Wildman–Crippen LogP) is 5.43. The maximum Gasteiger partial charge on any atom is 0.225 e. The average molecular weight is 415 g/mol. The number of nitrogens with zero attached hydrogens (tertiary/aromatic N) is 3. The summed E-state index contributed by atoms with van der Waals surface area (Å²) in [5, 5.41) is 4.38. The Labute approximate surface area is 174 Å². The number of anilines is 1. The van der Waals surface area contributed by atoms with Crippen LogP contribution in [0.15, 0.2) is 58.6 Å². The summed E-state index contributed by atoms with van der Waals surface area (Å²) in [5.74, 6) is 1.57. The SMILES string of the molecule is COc1ccc(Sc2cc(NCCCCc3ncccc3C)nc(Cl)n2)cc1. The van der Waals surface area contributed by atoms with Gasteiger partial charge >= 0.3 is 0 Å². The molecule has 0 amide bonds. The predicted molar refractivity (Wildman–Crippen MR) is 115 cm³/mol. The van der Waals surface area contributed by atoms with Gasteiger partial charge in [-0.1, -0.05) is 17.8 Å². The molecule has 0 unspecified atom stereocenters. The van der Waals surface area contributed by atoms with Gasteiger partial charge in [0.15, 0.2) is 0 Å². The number of aryl methyl sites for hydroxylation is 2. The van der Waals surface area contributed by atoms with E-state index < -0.39 is 0 Å². The molecule has 0 aliphatic rings. The summed E-state index contributed by atoms with van der Waals surface area (Å²) in [4.78, 5) is 14.1. The van der Waals surface area contributed by atoms with Crippen LogP contribution in [0.2, 0.25) is 5.28 Å². The summed E-state index contributed by atoms with van der Waals surface area (Å²) in [5.41, 5.74) is 2.42. The highest BCUT2D eigenvalue weighted by atomic mass is 35.5. The maximum atomic E-state index is 6.10. The molecule has 0 saturated carbocycles. The molecule has 0 saturated heterocycles. The molecule has 0 spiro atoms. The van der Waals surface area contributed by atoms with E-state index in [1.807, 2.05) is 42.6 Å². The first-order valence-electron chi connectivity index (χ1n) is 9.15. The molecule has 5 nitrogen and oxygen atoms in total. The van der Waals surface area contributed by atoms with Crippen molar-refractivity contribution in [2.24, 2.45) is 0 Å². The highest BCUT2D eigenvalue weighted by Crippen LogP contribution is 2.29. The van der Waals surface area contributed by atoms with Crippen molar-refractivity contribution in [1.82, 2.24) is 15.0 Å². The number of unbranched alkanes of at least 4 members (excludes halogenated alkanes) is 1. The lowest BCUT2D eigenvalue weighted by Gasteiger charge is -2.09. The van der Waals surface area contributed by atoms with Gasteiger partial charge in [0.05, 0.1) is 7.11 Å². The maximum absolute atomic E-state index is 6.10. The van der Waals surface area contributed by atoms with Crippen molar-refractivity contribution in [2.45, 2.75) is 36.1 Å². The Kier molecular flexibility index (Phi) is 7.51. The second kappa shape index (κ2) is 10.3. The Bertz CT molecular complexity index is 905. The number of hydrogen-bond acceptors (Lipinski definition) is 6. The zero-order valence-corrected chi connectivity index (χ0v) is 17.6. The van der Waals surface area contributed by atoms with E-state index in [2.05, 4.69) is 33.3 Å². The number of methoxy groups -OCH3 is 1. The molecule has 146 valence electrons. The minimum Gasteiger partial charge on any atom is -0.497 e. The third-order valence-corrected chi connectivity index (χ3v) is 5.32. The minimum absolute atomic E-state index is 0.241. The van der Waals surface area contributed by atoms with Gasteiger partial charge in [-0.2, -0.15) is 0 Å². The van der Waals surface area contributed by atoms with Gasteiger partial charge in [-0.05, 0) is 73.7 Å². The number of pyridine rings is 1. The first-order chi connectivity index (χ1) is 13.6. The molecule has 28 heavy (non-hydrogen) atoms. The van der Waals surface area contributed by atoms with Crippen molar-refractivity contribution in [1.29, 1.82) is 0 Å². The molecule has 2 heterocycles. The molecule has 1 N–H and O–H groups in total. The Morgan fingerprint density at radius 2 is 1.93 bits per heavy atom. The van der Waals surface area contributed by atoms with Crippen LogP contribution in [0.4, 0.5) is 5.82 Å². The van der Waals surface area contributed by atoms with Gasteiger partial charge in [-0.25, -0.2) is 9.97 Å². The van der Waals surface area contributed by atoms with Gasteiger partial charge in [0.1, 0.15) is 16.6 Å². The fourth-order valence-corrected chi connectivity index (χ4v) is 3.77. The number of benzene rings is 1. The van der Waals surface area contributed by atoms with Crippen LogP contribution in [-0.2, 0) is 6.42 Å². The Balaban J connectivity index is 1.50. The van der Waals surface area contributed by atoms with Crippen molar-refractivity contribution in [3.8, 4) is 5.75 Å². The van der Waals surface area contributed by atoms with Gasteiger partial charge in [-0.15, -0.1) is 0 Å². The summed E-state index contributed by atoms with van der Waals surface area (Å²) in [6, 6.07) is 13.8. The Hall–Kier alpha value is -2.31. The van der Waals surface area contributed by atoms with E-state index in [9.17, 15) is 0 Å². The van der Waals surface area contributed by atoms with E-state index >= 15 is 0 Å². The molecule has 0 atom stereocenters. The third kappa shape index (κ3) is 6.11. The molecule has 1 aromatic carbocycles. The lowest BCUT2D eigenvalue weighted by Crippen LogP contribution is -2.05. The lowest BCUT2D eigenvalue weighted by atomic mass is 10.1. The largest absolute Gasteiger partial charge is 0.497 e. The van der Waals surface area contributed by atoms with Crippen LogP contribution in [0, 0.1) is 6.92 Å². The van der Waals surface area contributed by atoms with E-state index in [0.717, 1.165) is 47.3 Å². The minimum atomic E-state index is 0.241. The van der Waals surface area contributed by atoms with E-state index in [0.29, 0.717) is 0 Å². The normalized spacial score (nSPS) is 10.7. The molecule has 7 heteroatoms. The number of aromatic nitrogens is 3. The fourth-order valence-electron chi connectivity index (χ4n) is 2.72. The van der Waals surface area contributed by atoms with Gasteiger partial charge in [0.25, 0.3) is 0 Å². The van der Waals surface area contributed by atoms with Crippen LogP contribution in [0.3, 0.4) is 0 Å². The summed E-state index contributed by atoms with van der Waals surface area (Å²) < 4.78 is 5.19. The molecule has 0 bridgehead atoms. The molecule has 3 rings (SSSR count). The highest BCUT2D eigenvalue weighted by Gasteiger charge is 2.06. The number of rotatable bonds is 9. The Morgan fingerprint density at radius 3 is 2.68 bits per heavy atom. The topological polar surface area (TPSA) is 59.9 Å². The standard InChI is InChI=1S/C21H23ClN4OS/c1-15-6-5-13-23-18(15)7-3-4-12-24-19-14-20(26-21(22)25-19)28-17-10-8-16(27-2)9-11-17/h5-6,8-11,13-14H,3-4,7,12H2,1-2H3,(H,24,25,26). The first-order valence-corrected chi connectivity index (χ1v) is 10.3. The second-order valence-electron chi connectivity index (χ2n) is 6.29. The first kappa shape index (κ1) is 20.4. The quantitative estimate of drug-likeness (QED) is 0.286. The van der Waals surface area contributed by atoms with Crippen LogP contribution in [-0.4, -0.2) is 28.6 Å². The van der Waals surface area contributed by atoms with Crippen molar-refractivity contribution in [3.63, 3.8) is 0 Å². The number of halogens is 1. The average Bonchev–Trinajstić information content (AvgIpc) is 2.69. The molecular formula is C21H23ClN4OS. The van der Waals surface area contributed by atoms with Crippen LogP contribution < -0.4 is 10.1 Å². The second-order valence-corrected chi connectivity index (χ2v) is 7.72. The summed E-state index contributed by atoms with van der Waals surface area (Å²) in [6.07, 6.45) is 4.93. The van der Waals surface area contributed by atoms with Crippen molar-refractivity contribution in [3.05, 3.63) is 65.2 Å². The highest BCUT2D eigenvalue weighted by molar-refractivity contribution is 7.99.